The number of rotatable bonds is 5. The Kier molecular flexibility index (Phi) is 4.91. The lowest BCUT2D eigenvalue weighted by atomic mass is 10.1. The van der Waals surface area contributed by atoms with Gasteiger partial charge in [-0.15, -0.1) is 0 Å². The molecule has 0 saturated carbocycles. The van der Waals surface area contributed by atoms with Crippen molar-refractivity contribution in [2.75, 3.05) is 13.2 Å². The molecular formula is C13H19NO. The Morgan fingerprint density at radius 2 is 2.00 bits per heavy atom. The lowest BCUT2D eigenvalue weighted by Gasteiger charge is -2.06. The van der Waals surface area contributed by atoms with Gasteiger partial charge in [0, 0.05) is 6.54 Å². The van der Waals surface area contributed by atoms with Crippen molar-refractivity contribution in [3.63, 3.8) is 0 Å². The maximum atomic E-state index is 5.62. The zero-order chi connectivity index (χ0) is 11.1. The summed E-state index contributed by atoms with van der Waals surface area (Å²) in [5.41, 5.74) is 8.15. The molecule has 0 heterocycles. The molecule has 0 unspecified atom stereocenters. The highest BCUT2D eigenvalue weighted by Crippen LogP contribution is 2.14. The Morgan fingerprint density at radius 3 is 2.47 bits per heavy atom. The summed E-state index contributed by atoms with van der Waals surface area (Å²) in [6, 6.07) is 8.18. The molecule has 0 aliphatic heterocycles. The minimum atomic E-state index is 0.629. The van der Waals surface area contributed by atoms with Crippen LogP contribution in [-0.4, -0.2) is 13.2 Å². The number of nitrogens with two attached hydrogens (primary N) is 1. The number of hydrogen-bond donors (Lipinski definition) is 1. The van der Waals surface area contributed by atoms with Crippen molar-refractivity contribution >= 4 is 0 Å². The molecule has 1 aromatic carbocycles. The molecule has 0 spiro atoms. The van der Waals surface area contributed by atoms with Crippen LogP contribution < -0.4 is 10.5 Å². The van der Waals surface area contributed by atoms with Gasteiger partial charge in [0.2, 0.25) is 0 Å². The molecule has 82 valence electrons. The zero-order valence-corrected chi connectivity index (χ0v) is 9.49. The topological polar surface area (TPSA) is 35.2 Å². The molecule has 0 aliphatic carbocycles. The lowest BCUT2D eigenvalue weighted by Crippen LogP contribution is -2.05. The highest BCUT2D eigenvalue weighted by molar-refractivity contribution is 5.30. The van der Waals surface area contributed by atoms with E-state index in [1.807, 2.05) is 26.0 Å². The highest BCUT2D eigenvalue weighted by Gasteiger charge is 1.97. The van der Waals surface area contributed by atoms with E-state index >= 15 is 0 Å². The predicted octanol–water partition coefficient (Wildman–Crippen LogP) is 2.53. The van der Waals surface area contributed by atoms with Crippen LogP contribution in [0.2, 0.25) is 0 Å². The fourth-order valence-corrected chi connectivity index (χ4v) is 1.42. The molecule has 2 heteroatoms. The SMILES string of the molecule is C/C=C(\CN)Cc1ccc(OCC)cc1. The predicted molar refractivity (Wildman–Crippen MR) is 64.1 cm³/mol. The van der Waals surface area contributed by atoms with Gasteiger partial charge in [-0.1, -0.05) is 23.8 Å². The minimum absolute atomic E-state index is 0.629. The minimum Gasteiger partial charge on any atom is -0.494 e. The van der Waals surface area contributed by atoms with E-state index in [0.29, 0.717) is 13.2 Å². The van der Waals surface area contributed by atoms with Gasteiger partial charge in [-0.2, -0.15) is 0 Å². The Hall–Kier alpha value is -1.28. The van der Waals surface area contributed by atoms with E-state index in [2.05, 4.69) is 18.2 Å². The third-order valence-electron chi connectivity index (χ3n) is 2.34. The number of allylic oxidation sites excluding steroid dienone is 1. The fourth-order valence-electron chi connectivity index (χ4n) is 1.42. The van der Waals surface area contributed by atoms with Crippen molar-refractivity contribution in [1.29, 1.82) is 0 Å². The molecule has 0 atom stereocenters. The summed E-state index contributed by atoms with van der Waals surface area (Å²) in [5.74, 6) is 0.927. The summed E-state index contributed by atoms with van der Waals surface area (Å²) in [5, 5.41) is 0. The summed E-state index contributed by atoms with van der Waals surface area (Å²) in [6.45, 7) is 5.35. The third-order valence-corrected chi connectivity index (χ3v) is 2.34. The van der Waals surface area contributed by atoms with Gasteiger partial charge in [0.25, 0.3) is 0 Å². The maximum Gasteiger partial charge on any atom is 0.119 e. The van der Waals surface area contributed by atoms with Crippen LogP contribution in [0.15, 0.2) is 35.9 Å². The first-order valence-electron chi connectivity index (χ1n) is 5.36. The zero-order valence-electron chi connectivity index (χ0n) is 9.49. The van der Waals surface area contributed by atoms with Gasteiger partial charge in [-0.25, -0.2) is 0 Å². The standard InChI is InChI=1S/C13H19NO/c1-3-11(10-14)9-12-5-7-13(8-6-12)15-4-2/h3,5-8H,4,9-10,14H2,1-2H3/b11-3-. The molecule has 0 amide bonds. The van der Waals surface area contributed by atoms with Crippen molar-refractivity contribution in [2.45, 2.75) is 20.3 Å². The lowest BCUT2D eigenvalue weighted by molar-refractivity contribution is 0.340. The molecule has 0 radical (unpaired) electrons. The normalized spacial score (nSPS) is 11.5. The molecule has 2 nitrogen and oxygen atoms in total. The largest absolute Gasteiger partial charge is 0.494 e. The van der Waals surface area contributed by atoms with E-state index in [0.717, 1.165) is 12.2 Å². The van der Waals surface area contributed by atoms with Crippen LogP contribution in [0.3, 0.4) is 0 Å². The van der Waals surface area contributed by atoms with E-state index in [1.165, 1.54) is 11.1 Å². The molecule has 0 fully saturated rings. The second kappa shape index (κ2) is 6.25. The maximum absolute atomic E-state index is 5.62. The van der Waals surface area contributed by atoms with E-state index < -0.39 is 0 Å². The van der Waals surface area contributed by atoms with Crippen LogP contribution in [0, 0.1) is 0 Å². The van der Waals surface area contributed by atoms with Crippen molar-refractivity contribution in [3.8, 4) is 5.75 Å². The fraction of sp³-hybridized carbons (Fsp3) is 0.385. The van der Waals surface area contributed by atoms with Gasteiger partial charge in [0.05, 0.1) is 6.61 Å². The molecule has 0 bridgehead atoms. The molecular weight excluding hydrogens is 186 g/mol. The van der Waals surface area contributed by atoms with Gasteiger partial charge >= 0.3 is 0 Å². The van der Waals surface area contributed by atoms with Crippen LogP contribution >= 0.6 is 0 Å². The number of benzene rings is 1. The van der Waals surface area contributed by atoms with Crippen molar-refractivity contribution in [3.05, 3.63) is 41.5 Å². The van der Waals surface area contributed by atoms with Crippen LogP contribution in [0.4, 0.5) is 0 Å². The molecule has 1 rings (SSSR count). The highest BCUT2D eigenvalue weighted by atomic mass is 16.5. The van der Waals surface area contributed by atoms with Crippen LogP contribution in [0.25, 0.3) is 0 Å². The van der Waals surface area contributed by atoms with E-state index in [9.17, 15) is 0 Å². The summed E-state index contributed by atoms with van der Waals surface area (Å²) >= 11 is 0. The Balaban J connectivity index is 2.64. The van der Waals surface area contributed by atoms with Gasteiger partial charge in [0.15, 0.2) is 0 Å². The van der Waals surface area contributed by atoms with Crippen molar-refractivity contribution in [1.82, 2.24) is 0 Å². The monoisotopic (exact) mass is 205 g/mol. The van der Waals surface area contributed by atoms with Crippen LogP contribution in [0.5, 0.6) is 5.75 Å². The number of ether oxygens (including phenoxy) is 1. The van der Waals surface area contributed by atoms with Gasteiger partial charge < -0.3 is 10.5 Å². The summed E-state index contributed by atoms with van der Waals surface area (Å²) in [7, 11) is 0. The van der Waals surface area contributed by atoms with Gasteiger partial charge in [-0.3, -0.25) is 0 Å². The molecule has 0 saturated heterocycles. The molecule has 0 aromatic heterocycles. The Morgan fingerprint density at radius 1 is 1.33 bits per heavy atom. The second-order valence-electron chi connectivity index (χ2n) is 3.40. The number of hydrogen-bond acceptors (Lipinski definition) is 2. The van der Waals surface area contributed by atoms with E-state index in [1.54, 1.807) is 0 Å². The van der Waals surface area contributed by atoms with Crippen LogP contribution in [0.1, 0.15) is 19.4 Å². The quantitative estimate of drug-likeness (QED) is 0.750. The summed E-state index contributed by atoms with van der Waals surface area (Å²) in [4.78, 5) is 0. The van der Waals surface area contributed by atoms with Crippen molar-refractivity contribution in [2.24, 2.45) is 5.73 Å². The van der Waals surface area contributed by atoms with Crippen molar-refractivity contribution < 1.29 is 4.74 Å². The third kappa shape index (κ3) is 3.76. The van der Waals surface area contributed by atoms with Gasteiger partial charge in [-0.05, 0) is 38.0 Å². The first-order chi connectivity index (χ1) is 7.30. The van der Waals surface area contributed by atoms with E-state index in [-0.39, 0.29) is 0 Å². The summed E-state index contributed by atoms with van der Waals surface area (Å²) < 4.78 is 5.38. The first kappa shape index (κ1) is 11.8. The van der Waals surface area contributed by atoms with Gasteiger partial charge in [0.1, 0.15) is 5.75 Å². The first-order valence-corrected chi connectivity index (χ1v) is 5.36. The Bertz CT molecular complexity index is 314. The smallest absolute Gasteiger partial charge is 0.119 e. The second-order valence-corrected chi connectivity index (χ2v) is 3.40. The average Bonchev–Trinajstić information content (AvgIpc) is 2.28. The summed E-state index contributed by atoms with van der Waals surface area (Å²) in [6.07, 6.45) is 3.01. The molecule has 15 heavy (non-hydrogen) atoms. The Labute approximate surface area is 91.7 Å². The van der Waals surface area contributed by atoms with E-state index in [4.69, 9.17) is 10.5 Å². The molecule has 2 N–H and O–H groups in total. The van der Waals surface area contributed by atoms with Crippen LogP contribution in [-0.2, 0) is 6.42 Å². The molecule has 0 aliphatic rings. The molecule has 1 aromatic rings. The average molecular weight is 205 g/mol.